The van der Waals surface area contributed by atoms with Crippen molar-refractivity contribution in [3.05, 3.63) is 106 Å². The highest BCUT2D eigenvalue weighted by Crippen LogP contribution is 2.14. The molecule has 6 heteroatoms. The second-order valence-electron chi connectivity index (χ2n) is 5.91. The lowest BCUT2D eigenvalue weighted by atomic mass is 10.1. The molecule has 0 saturated heterocycles. The summed E-state index contributed by atoms with van der Waals surface area (Å²) in [5.74, 6) is -0.470. The van der Waals surface area contributed by atoms with Crippen LogP contribution in [-0.4, -0.2) is 10.7 Å². The standard InChI is InChI=1S/C20H16FN2O3/c21-18-5-3-17(4-6-18)20(24)14-22-11-9-16(10-12-22)13-15-1-7-19(8-2-15)23(25)26/h1-12H,13-14H2/q+1. The van der Waals surface area contributed by atoms with Crippen molar-refractivity contribution in [1.82, 2.24) is 0 Å². The number of hydrogen-bond acceptors (Lipinski definition) is 3. The van der Waals surface area contributed by atoms with E-state index in [9.17, 15) is 19.3 Å². The van der Waals surface area contributed by atoms with Crippen LogP contribution in [0.15, 0.2) is 73.1 Å². The molecule has 0 atom stereocenters. The van der Waals surface area contributed by atoms with Gasteiger partial charge in [0.1, 0.15) is 5.82 Å². The molecule has 0 fully saturated rings. The number of hydrogen-bond donors (Lipinski definition) is 0. The van der Waals surface area contributed by atoms with Crippen molar-refractivity contribution in [3.8, 4) is 0 Å². The molecule has 5 nitrogen and oxygen atoms in total. The number of Topliss-reactive ketones (excluding diaryl/α,β-unsaturated/α-hetero) is 1. The molecule has 0 spiro atoms. The van der Waals surface area contributed by atoms with Gasteiger partial charge in [-0.3, -0.25) is 14.9 Å². The first-order valence-electron chi connectivity index (χ1n) is 8.01. The Kier molecular flexibility index (Phi) is 5.12. The number of pyridine rings is 1. The number of ketones is 1. The summed E-state index contributed by atoms with van der Waals surface area (Å²) in [5.41, 5.74) is 2.54. The van der Waals surface area contributed by atoms with Crippen LogP contribution in [0.25, 0.3) is 0 Å². The Hall–Kier alpha value is -3.41. The maximum Gasteiger partial charge on any atom is 0.269 e. The number of nitrogens with zero attached hydrogens (tertiary/aromatic N) is 2. The van der Waals surface area contributed by atoms with Gasteiger partial charge in [0.05, 0.1) is 4.92 Å². The second-order valence-corrected chi connectivity index (χ2v) is 5.91. The Morgan fingerprint density at radius 2 is 1.50 bits per heavy atom. The number of aromatic nitrogens is 1. The molecular formula is C20H16FN2O3+. The molecule has 0 aliphatic carbocycles. The van der Waals surface area contributed by atoms with Gasteiger partial charge in [0, 0.05) is 29.8 Å². The summed E-state index contributed by atoms with van der Waals surface area (Å²) in [5, 5.41) is 10.7. The van der Waals surface area contributed by atoms with E-state index in [0.29, 0.717) is 12.0 Å². The van der Waals surface area contributed by atoms with Gasteiger partial charge in [-0.1, -0.05) is 12.1 Å². The van der Waals surface area contributed by atoms with Crippen LogP contribution in [0.5, 0.6) is 0 Å². The summed E-state index contributed by atoms with van der Waals surface area (Å²) >= 11 is 0. The predicted octanol–water partition coefficient (Wildman–Crippen LogP) is 3.50. The first kappa shape index (κ1) is 17.4. The SMILES string of the molecule is O=C(C[n+]1ccc(Cc2ccc([N+](=O)[O-])cc2)cc1)c1ccc(F)cc1. The van der Waals surface area contributed by atoms with Crippen molar-refractivity contribution in [2.45, 2.75) is 13.0 Å². The van der Waals surface area contributed by atoms with E-state index >= 15 is 0 Å². The van der Waals surface area contributed by atoms with Crippen LogP contribution in [0.2, 0.25) is 0 Å². The molecule has 0 aliphatic rings. The molecule has 130 valence electrons. The highest BCUT2D eigenvalue weighted by Gasteiger charge is 2.12. The van der Waals surface area contributed by atoms with Gasteiger partial charge in [-0.05, 0) is 41.8 Å². The fourth-order valence-electron chi connectivity index (χ4n) is 2.58. The number of nitro groups is 1. The van der Waals surface area contributed by atoms with E-state index in [1.54, 1.807) is 16.7 Å². The van der Waals surface area contributed by atoms with Gasteiger partial charge in [0.2, 0.25) is 12.3 Å². The average Bonchev–Trinajstić information content (AvgIpc) is 2.64. The molecule has 0 saturated carbocycles. The van der Waals surface area contributed by atoms with Crippen LogP contribution in [-0.2, 0) is 13.0 Å². The van der Waals surface area contributed by atoms with Crippen molar-refractivity contribution in [2.24, 2.45) is 0 Å². The lowest BCUT2D eigenvalue weighted by molar-refractivity contribution is -0.683. The van der Waals surface area contributed by atoms with E-state index < -0.39 is 4.92 Å². The molecule has 0 radical (unpaired) electrons. The monoisotopic (exact) mass is 351 g/mol. The van der Waals surface area contributed by atoms with Crippen molar-refractivity contribution in [2.75, 3.05) is 0 Å². The molecular weight excluding hydrogens is 335 g/mol. The number of rotatable bonds is 6. The smallest absolute Gasteiger partial charge is 0.269 e. The maximum absolute atomic E-state index is 12.9. The summed E-state index contributed by atoms with van der Waals surface area (Å²) in [6.07, 6.45) is 4.26. The van der Waals surface area contributed by atoms with Crippen LogP contribution in [0, 0.1) is 15.9 Å². The third-order valence-corrected chi connectivity index (χ3v) is 4.01. The minimum absolute atomic E-state index is 0.0685. The van der Waals surface area contributed by atoms with Gasteiger partial charge in [-0.2, -0.15) is 4.57 Å². The number of nitro benzene ring substituents is 1. The summed E-state index contributed by atoms with van der Waals surface area (Å²) < 4.78 is 14.7. The first-order valence-corrected chi connectivity index (χ1v) is 8.01. The van der Waals surface area contributed by atoms with E-state index in [4.69, 9.17) is 0 Å². The first-order chi connectivity index (χ1) is 12.5. The normalized spacial score (nSPS) is 10.5. The van der Waals surface area contributed by atoms with Gasteiger partial charge in [0.25, 0.3) is 5.69 Å². The van der Waals surface area contributed by atoms with E-state index in [1.807, 2.05) is 24.5 Å². The number of halogens is 1. The van der Waals surface area contributed by atoms with E-state index in [0.717, 1.165) is 11.1 Å². The molecule has 1 aromatic heterocycles. The number of carbonyl (C=O) groups is 1. The van der Waals surface area contributed by atoms with Crippen LogP contribution < -0.4 is 4.57 Å². The Balaban J connectivity index is 1.63. The summed E-state index contributed by atoms with van der Waals surface area (Å²) in [6.45, 7) is 0.170. The van der Waals surface area contributed by atoms with Crippen molar-refractivity contribution in [1.29, 1.82) is 0 Å². The zero-order valence-corrected chi connectivity index (χ0v) is 13.8. The van der Waals surface area contributed by atoms with Crippen LogP contribution in [0.4, 0.5) is 10.1 Å². The maximum atomic E-state index is 12.9. The summed E-state index contributed by atoms with van der Waals surface area (Å²) in [6, 6.07) is 15.7. The molecule has 1 heterocycles. The van der Waals surface area contributed by atoms with Gasteiger partial charge in [0.15, 0.2) is 12.4 Å². The van der Waals surface area contributed by atoms with Crippen molar-refractivity contribution >= 4 is 11.5 Å². The van der Waals surface area contributed by atoms with Crippen molar-refractivity contribution < 1.29 is 18.7 Å². The van der Waals surface area contributed by atoms with Crippen molar-refractivity contribution in [3.63, 3.8) is 0 Å². The highest BCUT2D eigenvalue weighted by atomic mass is 19.1. The lowest BCUT2D eigenvalue weighted by Gasteiger charge is -2.02. The van der Waals surface area contributed by atoms with E-state index in [1.165, 1.54) is 36.4 Å². The lowest BCUT2D eigenvalue weighted by Crippen LogP contribution is -2.37. The minimum atomic E-state index is -0.423. The van der Waals surface area contributed by atoms with Crippen LogP contribution in [0.1, 0.15) is 21.5 Å². The topological polar surface area (TPSA) is 64.1 Å². The van der Waals surface area contributed by atoms with E-state index in [2.05, 4.69) is 0 Å². The number of benzene rings is 2. The summed E-state index contributed by atoms with van der Waals surface area (Å²) in [7, 11) is 0. The second kappa shape index (κ2) is 7.65. The molecule has 0 unspecified atom stereocenters. The van der Waals surface area contributed by atoms with Gasteiger partial charge >= 0.3 is 0 Å². The minimum Gasteiger partial charge on any atom is -0.287 e. The molecule has 2 aromatic carbocycles. The fourth-order valence-corrected chi connectivity index (χ4v) is 2.58. The molecule has 3 aromatic rings. The molecule has 3 rings (SSSR count). The van der Waals surface area contributed by atoms with Crippen LogP contribution >= 0.6 is 0 Å². The van der Waals surface area contributed by atoms with E-state index in [-0.39, 0.29) is 23.8 Å². The average molecular weight is 351 g/mol. The molecule has 0 amide bonds. The largest absolute Gasteiger partial charge is 0.287 e. The molecule has 0 N–H and O–H groups in total. The quantitative estimate of drug-likeness (QED) is 0.295. The Morgan fingerprint density at radius 1 is 0.923 bits per heavy atom. The third-order valence-electron chi connectivity index (χ3n) is 4.01. The third kappa shape index (κ3) is 4.36. The molecule has 26 heavy (non-hydrogen) atoms. The van der Waals surface area contributed by atoms with Gasteiger partial charge < -0.3 is 0 Å². The Morgan fingerprint density at radius 3 is 2.08 bits per heavy atom. The Labute approximate surface area is 149 Å². The van der Waals surface area contributed by atoms with Crippen LogP contribution in [0.3, 0.4) is 0 Å². The highest BCUT2D eigenvalue weighted by molar-refractivity contribution is 5.94. The number of non-ortho nitro benzene ring substituents is 1. The zero-order chi connectivity index (χ0) is 18.5. The Bertz CT molecular complexity index is 921. The summed E-state index contributed by atoms with van der Waals surface area (Å²) in [4.78, 5) is 22.4. The number of carbonyl (C=O) groups excluding carboxylic acids is 1. The fraction of sp³-hybridized carbons (Fsp3) is 0.100. The zero-order valence-electron chi connectivity index (χ0n) is 13.8. The van der Waals surface area contributed by atoms with Gasteiger partial charge in [-0.25, -0.2) is 4.39 Å². The van der Waals surface area contributed by atoms with Gasteiger partial charge in [-0.15, -0.1) is 0 Å². The predicted molar refractivity (Wildman–Crippen MR) is 93.3 cm³/mol. The molecule has 0 bridgehead atoms. The molecule has 0 aliphatic heterocycles.